The molecule has 0 saturated heterocycles. The van der Waals surface area contributed by atoms with Crippen molar-refractivity contribution in [1.82, 2.24) is 29.5 Å². The fraction of sp³-hybridized carbons (Fsp3) is 0.111. The summed E-state index contributed by atoms with van der Waals surface area (Å²) in [6, 6.07) is 13.0. The summed E-state index contributed by atoms with van der Waals surface area (Å²) >= 11 is 0. The zero-order chi connectivity index (χ0) is 26.1. The molecule has 10 heteroatoms. The Morgan fingerprint density at radius 2 is 1.81 bits per heavy atom. The molecule has 5 aromatic rings. The monoisotopic (exact) mass is 492 g/mol. The minimum Gasteiger partial charge on any atom is -0.419 e. The van der Waals surface area contributed by atoms with Gasteiger partial charge >= 0.3 is 0 Å². The van der Waals surface area contributed by atoms with Crippen molar-refractivity contribution in [1.29, 1.82) is 0 Å². The van der Waals surface area contributed by atoms with E-state index < -0.39 is 0 Å². The van der Waals surface area contributed by atoms with E-state index in [0.29, 0.717) is 45.6 Å². The van der Waals surface area contributed by atoms with Crippen molar-refractivity contribution in [2.45, 2.75) is 13.8 Å². The Hall–Kier alpha value is -5.12. The van der Waals surface area contributed by atoms with Gasteiger partial charge in [-0.05, 0) is 37.6 Å². The molecule has 1 amide bonds. The summed E-state index contributed by atoms with van der Waals surface area (Å²) in [6.07, 6.45) is 4.59. The van der Waals surface area contributed by atoms with Gasteiger partial charge < -0.3 is 20.4 Å². The summed E-state index contributed by atoms with van der Waals surface area (Å²) < 4.78 is 7.70. The third-order valence-electron chi connectivity index (χ3n) is 5.76. The number of carbonyl (C=O) groups excluding carboxylic acids is 1. The van der Waals surface area contributed by atoms with Crippen LogP contribution in [0, 0.1) is 6.92 Å². The van der Waals surface area contributed by atoms with Gasteiger partial charge in [-0.2, -0.15) is 0 Å². The van der Waals surface area contributed by atoms with E-state index in [1.165, 1.54) is 12.5 Å². The number of fused-ring (bicyclic) bond motifs is 1. The number of rotatable bonds is 6. The fourth-order valence-corrected chi connectivity index (χ4v) is 3.99. The number of pyridine rings is 1. The number of aromatic nitrogens is 6. The van der Waals surface area contributed by atoms with Crippen LogP contribution in [0.1, 0.15) is 12.6 Å². The van der Waals surface area contributed by atoms with Crippen molar-refractivity contribution in [3.8, 4) is 34.3 Å². The highest BCUT2D eigenvalue weighted by molar-refractivity contribution is 6.07. The minimum absolute atomic E-state index is 0.237. The first-order valence-corrected chi connectivity index (χ1v) is 11.4. The third-order valence-corrected chi connectivity index (χ3v) is 5.76. The normalized spacial score (nSPS) is 10.9. The average molecular weight is 493 g/mol. The first-order valence-electron chi connectivity index (χ1n) is 11.4. The largest absolute Gasteiger partial charge is 0.419 e. The van der Waals surface area contributed by atoms with Crippen molar-refractivity contribution >= 4 is 28.4 Å². The number of amides is 1. The van der Waals surface area contributed by atoms with Crippen LogP contribution in [-0.4, -0.2) is 35.4 Å². The molecule has 0 aliphatic carbocycles. The topological polar surface area (TPSA) is 134 Å². The van der Waals surface area contributed by atoms with E-state index in [4.69, 9.17) is 10.5 Å². The third kappa shape index (κ3) is 4.59. The first-order chi connectivity index (χ1) is 17.8. The van der Waals surface area contributed by atoms with Gasteiger partial charge in [-0.15, -0.1) is 0 Å². The van der Waals surface area contributed by atoms with E-state index in [0.717, 1.165) is 22.5 Å². The fourth-order valence-electron chi connectivity index (χ4n) is 3.99. The van der Waals surface area contributed by atoms with Crippen LogP contribution in [0.3, 0.4) is 0 Å². The Kier molecular flexibility index (Phi) is 6.06. The number of benzene rings is 1. The number of carbonyl (C=O) groups is 1. The second kappa shape index (κ2) is 9.50. The maximum atomic E-state index is 12.0. The molecule has 10 nitrogen and oxygen atoms in total. The molecule has 0 radical (unpaired) electrons. The van der Waals surface area contributed by atoms with Crippen LogP contribution in [-0.2, 0) is 11.8 Å². The summed E-state index contributed by atoms with van der Waals surface area (Å²) in [4.78, 5) is 34.1. The minimum atomic E-state index is -0.237. The van der Waals surface area contributed by atoms with E-state index in [9.17, 15) is 4.79 Å². The molecular formula is C27H24N8O2. The predicted octanol–water partition coefficient (Wildman–Crippen LogP) is 4.68. The van der Waals surface area contributed by atoms with Gasteiger partial charge in [-0.25, -0.2) is 24.9 Å². The zero-order valence-electron chi connectivity index (χ0n) is 20.6. The Bertz CT molecular complexity index is 1640. The van der Waals surface area contributed by atoms with E-state index in [-0.39, 0.29) is 5.91 Å². The maximum absolute atomic E-state index is 12.0. The lowest BCUT2D eigenvalue weighted by molar-refractivity contribution is -0.112. The summed E-state index contributed by atoms with van der Waals surface area (Å²) in [7, 11) is 1.90. The summed E-state index contributed by atoms with van der Waals surface area (Å²) in [5, 5.41) is 3.49. The number of ether oxygens (including phenoxy) is 1. The first kappa shape index (κ1) is 23.6. The van der Waals surface area contributed by atoms with Gasteiger partial charge in [0.2, 0.25) is 11.8 Å². The molecular weight excluding hydrogens is 468 g/mol. The van der Waals surface area contributed by atoms with Crippen LogP contribution in [0.5, 0.6) is 11.8 Å². The van der Waals surface area contributed by atoms with Crippen molar-refractivity contribution in [3.05, 3.63) is 79.0 Å². The molecule has 0 fully saturated rings. The van der Waals surface area contributed by atoms with E-state index in [2.05, 4.69) is 36.8 Å². The molecule has 0 unspecified atom stereocenters. The van der Waals surface area contributed by atoms with Gasteiger partial charge in [-0.1, -0.05) is 24.8 Å². The Morgan fingerprint density at radius 1 is 1.03 bits per heavy atom. The molecule has 0 spiro atoms. The molecule has 184 valence electrons. The van der Waals surface area contributed by atoms with Crippen molar-refractivity contribution < 1.29 is 9.53 Å². The van der Waals surface area contributed by atoms with Crippen LogP contribution >= 0.6 is 0 Å². The van der Waals surface area contributed by atoms with E-state index >= 15 is 0 Å². The van der Waals surface area contributed by atoms with Gasteiger partial charge in [0.1, 0.15) is 17.8 Å². The molecule has 1 aromatic carbocycles. The van der Waals surface area contributed by atoms with Crippen molar-refractivity contribution in [3.63, 3.8) is 0 Å². The number of aryl methyl sites for hydroxylation is 2. The maximum Gasteiger partial charge on any atom is 0.250 e. The van der Waals surface area contributed by atoms with Crippen LogP contribution in [0.25, 0.3) is 33.5 Å². The van der Waals surface area contributed by atoms with Crippen LogP contribution in [0.15, 0.2) is 73.3 Å². The highest BCUT2D eigenvalue weighted by atomic mass is 16.5. The van der Waals surface area contributed by atoms with E-state index in [1.807, 2.05) is 54.9 Å². The number of nitrogens with zero attached hydrogens (tertiary/aromatic N) is 6. The van der Waals surface area contributed by atoms with Gasteiger partial charge in [0.15, 0.2) is 0 Å². The highest BCUT2D eigenvalue weighted by Crippen LogP contribution is 2.41. The van der Waals surface area contributed by atoms with Crippen LogP contribution < -0.4 is 15.8 Å². The van der Waals surface area contributed by atoms with Gasteiger partial charge in [0.25, 0.3) is 5.91 Å². The molecule has 5 rings (SSSR count). The van der Waals surface area contributed by atoms with Gasteiger partial charge in [0.05, 0.1) is 29.2 Å². The number of nitrogen functional groups attached to an aromatic ring is 1. The lowest BCUT2D eigenvalue weighted by Gasteiger charge is -2.10. The second-order valence-electron chi connectivity index (χ2n) is 8.51. The molecule has 0 aliphatic rings. The highest BCUT2D eigenvalue weighted by Gasteiger charge is 2.23. The van der Waals surface area contributed by atoms with Gasteiger partial charge in [0, 0.05) is 35.6 Å². The number of hydrogen-bond donors (Lipinski definition) is 2. The quantitative estimate of drug-likeness (QED) is 0.326. The lowest BCUT2D eigenvalue weighted by Crippen LogP contribution is -2.11. The van der Waals surface area contributed by atoms with Crippen molar-refractivity contribution in [2.75, 3.05) is 11.1 Å². The number of anilines is 2. The van der Waals surface area contributed by atoms with E-state index in [1.54, 1.807) is 19.2 Å². The molecule has 0 aliphatic heterocycles. The molecule has 0 atom stereocenters. The molecule has 0 bridgehead atoms. The molecule has 4 aromatic heterocycles. The smallest absolute Gasteiger partial charge is 0.250 e. The second-order valence-corrected chi connectivity index (χ2v) is 8.51. The van der Waals surface area contributed by atoms with Gasteiger partial charge in [-0.3, -0.25) is 4.79 Å². The number of nitrogens with two attached hydrogens (primary N) is 1. The Morgan fingerprint density at radius 3 is 2.49 bits per heavy atom. The summed E-state index contributed by atoms with van der Waals surface area (Å²) in [6.45, 7) is 7.22. The molecule has 0 saturated carbocycles. The standard InChI is InChI=1S/C27H24N8O2/c1-15(2)27(36)34-18-10-8-17(9-11-18)24-22(23-25(28)31-14-32-26(23)35(24)4)19-12-30-21(13-29-19)37-20-7-5-6-16(3)33-20/h5-14H,1H2,2-4H3,(H,34,36)(H2,28,31,32). The Balaban J connectivity index is 1.58. The van der Waals surface area contributed by atoms with Crippen LogP contribution in [0.4, 0.5) is 11.5 Å². The lowest BCUT2D eigenvalue weighted by atomic mass is 10.0. The Labute approximate surface area is 212 Å². The predicted molar refractivity (Wildman–Crippen MR) is 142 cm³/mol. The average Bonchev–Trinajstić information content (AvgIpc) is 3.18. The van der Waals surface area contributed by atoms with Crippen LogP contribution in [0.2, 0.25) is 0 Å². The summed E-state index contributed by atoms with van der Waals surface area (Å²) in [5.41, 5.74) is 11.9. The summed E-state index contributed by atoms with van der Waals surface area (Å²) in [5.74, 6) is 0.840. The number of hydrogen-bond acceptors (Lipinski definition) is 8. The molecule has 3 N–H and O–H groups in total. The molecule has 37 heavy (non-hydrogen) atoms. The number of nitrogens with one attached hydrogen (secondary N) is 1. The van der Waals surface area contributed by atoms with Crippen molar-refractivity contribution in [2.24, 2.45) is 7.05 Å². The SMILES string of the molecule is C=C(C)C(=O)Nc1ccc(-c2c(-c3cnc(Oc4cccc(C)n4)cn3)c3c(N)ncnc3n2C)cc1. The molecule has 4 heterocycles. The zero-order valence-corrected chi connectivity index (χ0v) is 20.6.